The second-order valence-corrected chi connectivity index (χ2v) is 13.6. The molecule has 0 aliphatic carbocycles. The van der Waals surface area contributed by atoms with Crippen molar-refractivity contribution in [3.8, 4) is 5.75 Å². The van der Waals surface area contributed by atoms with Crippen molar-refractivity contribution in [1.29, 1.82) is 0 Å². The van der Waals surface area contributed by atoms with Gasteiger partial charge in [0.2, 0.25) is 11.8 Å². The zero-order chi connectivity index (χ0) is 36.0. The summed E-state index contributed by atoms with van der Waals surface area (Å²) < 4.78 is 5.75. The van der Waals surface area contributed by atoms with Crippen LogP contribution in [-0.2, 0) is 46.9 Å². The monoisotopic (exact) mass is 691 g/mol. The Morgan fingerprint density at radius 3 is 2.24 bits per heavy atom. The van der Waals surface area contributed by atoms with Crippen LogP contribution in [0.5, 0.6) is 5.75 Å². The lowest BCUT2D eigenvalue weighted by atomic mass is 9.91. The third-order valence-electron chi connectivity index (χ3n) is 9.64. The molecular formula is C42H53N5O4. The van der Waals surface area contributed by atoms with Crippen LogP contribution in [0.1, 0.15) is 58.2 Å². The fourth-order valence-corrected chi connectivity index (χ4v) is 6.84. The van der Waals surface area contributed by atoms with Crippen LogP contribution < -0.4 is 21.7 Å². The number of fused-ring (bicyclic) bond motifs is 1. The number of nitrogens with two attached hydrogens (primary N) is 1. The van der Waals surface area contributed by atoms with Gasteiger partial charge in [0.25, 0.3) is 0 Å². The van der Waals surface area contributed by atoms with Gasteiger partial charge in [-0.05, 0) is 90.7 Å². The molecule has 270 valence electrons. The van der Waals surface area contributed by atoms with E-state index in [9.17, 15) is 14.7 Å². The van der Waals surface area contributed by atoms with Gasteiger partial charge in [-0.3, -0.25) is 14.9 Å². The normalized spacial score (nSPS) is 15.2. The molecule has 1 aliphatic heterocycles. The van der Waals surface area contributed by atoms with Crippen molar-refractivity contribution in [3.63, 3.8) is 0 Å². The number of phenolic OH excluding ortho intramolecular Hbond substituents is 1. The highest BCUT2D eigenvalue weighted by atomic mass is 16.5. The predicted molar refractivity (Wildman–Crippen MR) is 202 cm³/mol. The first kappa shape index (κ1) is 37.7. The van der Waals surface area contributed by atoms with Gasteiger partial charge >= 0.3 is 0 Å². The van der Waals surface area contributed by atoms with Gasteiger partial charge in [0.1, 0.15) is 11.8 Å². The number of hydrogen-bond acceptors (Lipinski definition) is 7. The van der Waals surface area contributed by atoms with Gasteiger partial charge in [-0.2, -0.15) is 0 Å². The van der Waals surface area contributed by atoms with E-state index >= 15 is 0 Å². The van der Waals surface area contributed by atoms with Crippen molar-refractivity contribution >= 4 is 11.8 Å². The first-order valence-corrected chi connectivity index (χ1v) is 18.1. The summed E-state index contributed by atoms with van der Waals surface area (Å²) in [7, 11) is 0. The van der Waals surface area contributed by atoms with Gasteiger partial charge in [0.05, 0.1) is 19.4 Å². The second-order valence-electron chi connectivity index (χ2n) is 13.6. The first-order valence-electron chi connectivity index (χ1n) is 18.1. The molecule has 3 atom stereocenters. The average Bonchev–Trinajstić information content (AvgIpc) is 3.13. The fourth-order valence-electron chi connectivity index (χ4n) is 6.84. The molecule has 0 spiro atoms. The molecule has 0 saturated carbocycles. The summed E-state index contributed by atoms with van der Waals surface area (Å²) in [4.78, 5) is 29.9. The van der Waals surface area contributed by atoms with Crippen LogP contribution in [0.15, 0.2) is 97.1 Å². The molecule has 9 nitrogen and oxygen atoms in total. The van der Waals surface area contributed by atoms with Gasteiger partial charge in [0.15, 0.2) is 0 Å². The summed E-state index contributed by atoms with van der Waals surface area (Å²) in [6, 6.07) is 30.1. The lowest BCUT2D eigenvalue weighted by Gasteiger charge is -2.38. The van der Waals surface area contributed by atoms with E-state index in [0.29, 0.717) is 45.8 Å². The zero-order valence-electron chi connectivity index (χ0n) is 29.9. The Kier molecular flexibility index (Phi) is 14.2. The van der Waals surface area contributed by atoms with E-state index in [-0.39, 0.29) is 23.6 Å². The smallest absolute Gasteiger partial charge is 0.243 e. The van der Waals surface area contributed by atoms with E-state index in [1.165, 1.54) is 5.56 Å². The van der Waals surface area contributed by atoms with Crippen molar-refractivity contribution < 1.29 is 19.4 Å². The van der Waals surface area contributed by atoms with Gasteiger partial charge in [-0.15, -0.1) is 0 Å². The van der Waals surface area contributed by atoms with E-state index in [1.807, 2.05) is 74.5 Å². The maximum Gasteiger partial charge on any atom is 0.243 e. The molecule has 3 unspecified atom stereocenters. The first-order chi connectivity index (χ1) is 24.8. The van der Waals surface area contributed by atoms with Crippen LogP contribution in [0.4, 0.5) is 0 Å². The van der Waals surface area contributed by atoms with Crippen LogP contribution in [0, 0.1) is 13.8 Å². The quantitative estimate of drug-likeness (QED) is 0.0731. The van der Waals surface area contributed by atoms with E-state index in [4.69, 9.17) is 10.5 Å². The molecule has 6 N–H and O–H groups in total. The van der Waals surface area contributed by atoms with Crippen molar-refractivity contribution in [3.05, 3.63) is 136 Å². The molecule has 51 heavy (non-hydrogen) atoms. The molecule has 0 saturated heterocycles. The topological polar surface area (TPSA) is 129 Å². The number of aromatic hydroxyl groups is 1. The Labute approximate surface area is 302 Å². The van der Waals surface area contributed by atoms with Crippen LogP contribution in [-0.4, -0.2) is 59.8 Å². The third kappa shape index (κ3) is 11.2. The molecule has 1 aliphatic rings. The third-order valence-corrected chi connectivity index (χ3v) is 9.64. The standard InChI is InChI=1S/C42H53N5O4/c1-30-21-37(48)22-31(2)38(30)24-39(43)42(50)47-27-35-18-10-9-17-34(35)23-40(47)41(49)46-36(26-45-25-32-13-5-3-6-14-32)19-11-12-20-44-29-51-28-33-15-7-4-8-16-33/h3-10,13-18,21-22,36,39-40,44-45,48H,11-12,19-20,23-29,43H2,1-2H3,(H,46,49). The number of unbranched alkanes of at least 4 members (excludes halogenated alkanes) is 1. The number of carbonyl (C=O) groups excluding carboxylic acids is 2. The molecule has 1 heterocycles. The zero-order valence-corrected chi connectivity index (χ0v) is 29.9. The van der Waals surface area contributed by atoms with E-state index in [1.54, 1.807) is 17.0 Å². The number of hydrogen-bond donors (Lipinski definition) is 5. The summed E-state index contributed by atoms with van der Waals surface area (Å²) in [6.07, 6.45) is 3.38. The highest BCUT2D eigenvalue weighted by Gasteiger charge is 2.37. The number of phenols is 1. The van der Waals surface area contributed by atoms with Crippen LogP contribution in [0.2, 0.25) is 0 Å². The van der Waals surface area contributed by atoms with E-state index in [0.717, 1.165) is 59.2 Å². The van der Waals surface area contributed by atoms with Gasteiger partial charge in [-0.25, -0.2) is 0 Å². The van der Waals surface area contributed by atoms with Crippen molar-refractivity contribution in [2.75, 3.05) is 19.8 Å². The second kappa shape index (κ2) is 19.2. The number of amides is 2. The van der Waals surface area contributed by atoms with Gasteiger partial charge in [-0.1, -0.05) is 91.3 Å². The molecule has 0 radical (unpaired) electrons. The van der Waals surface area contributed by atoms with Crippen LogP contribution in [0.25, 0.3) is 0 Å². The molecule has 9 heteroatoms. The number of nitrogens with one attached hydrogen (secondary N) is 3. The van der Waals surface area contributed by atoms with Crippen LogP contribution in [0.3, 0.4) is 0 Å². The minimum Gasteiger partial charge on any atom is -0.508 e. The number of carbonyl (C=O) groups is 2. The maximum atomic E-state index is 14.2. The number of ether oxygens (including phenoxy) is 1. The fraction of sp³-hybridized carbons (Fsp3) is 0.381. The minimum absolute atomic E-state index is 0.124. The molecule has 4 aromatic rings. The Hall–Kier alpha value is -4.54. The van der Waals surface area contributed by atoms with Crippen molar-refractivity contribution in [1.82, 2.24) is 20.9 Å². The molecule has 0 fully saturated rings. The Morgan fingerprint density at radius 1 is 0.882 bits per heavy atom. The largest absolute Gasteiger partial charge is 0.508 e. The number of benzene rings is 4. The average molecular weight is 692 g/mol. The summed E-state index contributed by atoms with van der Waals surface area (Å²) >= 11 is 0. The number of nitrogens with zero attached hydrogens (tertiary/aromatic N) is 1. The van der Waals surface area contributed by atoms with E-state index < -0.39 is 12.1 Å². The molecule has 4 aromatic carbocycles. The SMILES string of the molecule is Cc1cc(O)cc(C)c1CC(N)C(=O)N1Cc2ccccc2CC1C(=O)NC(CCCCNCOCc1ccccc1)CNCc1ccccc1. The Balaban J connectivity index is 1.21. The highest BCUT2D eigenvalue weighted by molar-refractivity contribution is 5.91. The van der Waals surface area contributed by atoms with Crippen molar-refractivity contribution in [2.45, 2.75) is 83.8 Å². The summed E-state index contributed by atoms with van der Waals surface area (Å²) in [5.41, 5.74) is 13.7. The Bertz CT molecular complexity index is 1680. The Morgan fingerprint density at radius 2 is 1.53 bits per heavy atom. The van der Waals surface area contributed by atoms with Crippen LogP contribution >= 0.6 is 0 Å². The maximum absolute atomic E-state index is 14.2. The molecule has 0 bridgehead atoms. The highest BCUT2D eigenvalue weighted by Crippen LogP contribution is 2.26. The van der Waals surface area contributed by atoms with Gasteiger partial charge in [0, 0.05) is 32.1 Å². The number of aryl methyl sites for hydroxylation is 2. The predicted octanol–water partition coefficient (Wildman–Crippen LogP) is 5.04. The summed E-state index contributed by atoms with van der Waals surface area (Å²) in [6.45, 7) is 7.30. The summed E-state index contributed by atoms with van der Waals surface area (Å²) in [5.74, 6) is -0.230. The molecule has 5 rings (SSSR count). The molecule has 0 aromatic heterocycles. The number of rotatable bonds is 18. The van der Waals surface area contributed by atoms with Gasteiger partial charge < -0.3 is 31.1 Å². The van der Waals surface area contributed by atoms with Crippen molar-refractivity contribution in [2.24, 2.45) is 5.73 Å². The lowest BCUT2D eigenvalue weighted by molar-refractivity contribution is -0.143. The summed E-state index contributed by atoms with van der Waals surface area (Å²) in [5, 5.41) is 20.2. The van der Waals surface area contributed by atoms with E-state index in [2.05, 4.69) is 40.2 Å². The molecular weight excluding hydrogens is 638 g/mol. The lowest BCUT2D eigenvalue weighted by Crippen LogP contribution is -2.58. The minimum atomic E-state index is -0.833. The molecule has 2 amide bonds.